The monoisotopic (exact) mass is 310 g/mol. The molecule has 1 saturated carbocycles. The van der Waals surface area contributed by atoms with Crippen LogP contribution < -0.4 is 0 Å². The number of hydrogen-bond acceptors (Lipinski definition) is 3. The second kappa shape index (κ2) is 7.28. The van der Waals surface area contributed by atoms with E-state index in [4.69, 9.17) is 15.4 Å². The fraction of sp³-hybridized carbons (Fsp3) is 1.00. The summed E-state index contributed by atoms with van der Waals surface area (Å²) in [5.41, 5.74) is 0.433. The van der Waals surface area contributed by atoms with Crippen LogP contribution in [0.25, 0.3) is 0 Å². The Morgan fingerprint density at radius 1 is 1.32 bits per heavy atom. The lowest BCUT2D eigenvalue weighted by atomic mass is 9.76. The summed E-state index contributed by atoms with van der Waals surface area (Å²) in [4.78, 5) is 0. The standard InChI is InChI=1S/C14H27ClO3S/c1-4-5-12(11-19(15,16)17)10-18-13-6-8-14(2,3)9-7-13/h12-13H,4-11H2,1-3H3. The fourth-order valence-corrected chi connectivity index (χ4v) is 4.08. The smallest absolute Gasteiger partial charge is 0.232 e. The molecule has 0 aromatic heterocycles. The topological polar surface area (TPSA) is 43.4 Å². The molecule has 19 heavy (non-hydrogen) atoms. The molecule has 1 aliphatic carbocycles. The first-order valence-electron chi connectivity index (χ1n) is 7.26. The summed E-state index contributed by atoms with van der Waals surface area (Å²) < 4.78 is 28.2. The molecule has 114 valence electrons. The number of hydrogen-bond donors (Lipinski definition) is 0. The zero-order valence-electron chi connectivity index (χ0n) is 12.3. The highest BCUT2D eigenvalue weighted by atomic mass is 35.7. The van der Waals surface area contributed by atoms with Crippen LogP contribution in [0.1, 0.15) is 59.3 Å². The van der Waals surface area contributed by atoms with Crippen molar-refractivity contribution in [1.29, 1.82) is 0 Å². The van der Waals surface area contributed by atoms with Crippen LogP contribution in [0, 0.1) is 11.3 Å². The molecule has 1 rings (SSSR count). The van der Waals surface area contributed by atoms with E-state index in [9.17, 15) is 8.42 Å². The van der Waals surface area contributed by atoms with E-state index in [0.29, 0.717) is 18.1 Å². The average Bonchev–Trinajstić information content (AvgIpc) is 2.25. The minimum atomic E-state index is -3.42. The van der Waals surface area contributed by atoms with E-state index < -0.39 is 9.05 Å². The SMILES string of the molecule is CCCC(COC1CCC(C)(C)CC1)CS(=O)(=O)Cl. The maximum Gasteiger partial charge on any atom is 0.232 e. The van der Waals surface area contributed by atoms with Gasteiger partial charge in [-0.1, -0.05) is 27.2 Å². The molecule has 5 heteroatoms. The summed E-state index contributed by atoms with van der Waals surface area (Å²) in [5, 5.41) is 0. The van der Waals surface area contributed by atoms with Gasteiger partial charge < -0.3 is 4.74 Å². The van der Waals surface area contributed by atoms with Gasteiger partial charge in [0.05, 0.1) is 18.5 Å². The van der Waals surface area contributed by atoms with Gasteiger partial charge in [-0.25, -0.2) is 8.42 Å². The van der Waals surface area contributed by atoms with Crippen molar-refractivity contribution in [3.8, 4) is 0 Å². The zero-order chi connectivity index (χ0) is 14.5. The lowest BCUT2D eigenvalue weighted by molar-refractivity contribution is -0.0104. The molecule has 1 aliphatic rings. The van der Waals surface area contributed by atoms with Crippen molar-refractivity contribution in [3.63, 3.8) is 0 Å². The van der Waals surface area contributed by atoms with Gasteiger partial charge in [0.2, 0.25) is 9.05 Å². The molecule has 1 atom stereocenters. The van der Waals surface area contributed by atoms with E-state index in [1.807, 2.05) is 0 Å². The predicted octanol–water partition coefficient (Wildman–Crippen LogP) is 3.96. The molecule has 1 unspecified atom stereocenters. The van der Waals surface area contributed by atoms with E-state index in [1.165, 1.54) is 12.8 Å². The molecule has 0 aliphatic heterocycles. The first-order chi connectivity index (χ1) is 8.72. The van der Waals surface area contributed by atoms with E-state index in [-0.39, 0.29) is 11.7 Å². The van der Waals surface area contributed by atoms with Gasteiger partial charge in [0.25, 0.3) is 0 Å². The average molecular weight is 311 g/mol. The second-order valence-electron chi connectivity index (χ2n) is 6.56. The normalized spacial score (nSPS) is 22.3. The summed E-state index contributed by atoms with van der Waals surface area (Å²) in [6.45, 7) is 7.16. The Balaban J connectivity index is 2.36. The van der Waals surface area contributed by atoms with Crippen molar-refractivity contribution in [3.05, 3.63) is 0 Å². The Bertz CT molecular complexity index is 355. The van der Waals surface area contributed by atoms with Crippen LogP contribution in [0.5, 0.6) is 0 Å². The molecular formula is C14H27ClO3S. The van der Waals surface area contributed by atoms with Crippen LogP contribution in [0.4, 0.5) is 0 Å². The molecule has 0 aromatic rings. The van der Waals surface area contributed by atoms with Gasteiger partial charge in [-0.2, -0.15) is 0 Å². The number of halogens is 1. The summed E-state index contributed by atoms with van der Waals surface area (Å²) >= 11 is 0. The van der Waals surface area contributed by atoms with Crippen LogP contribution in [-0.2, 0) is 13.8 Å². The quantitative estimate of drug-likeness (QED) is 0.669. The van der Waals surface area contributed by atoms with Crippen LogP contribution in [-0.4, -0.2) is 26.9 Å². The van der Waals surface area contributed by atoms with Crippen LogP contribution in [0.3, 0.4) is 0 Å². The van der Waals surface area contributed by atoms with Gasteiger partial charge in [-0.3, -0.25) is 0 Å². The van der Waals surface area contributed by atoms with Crippen molar-refractivity contribution in [2.75, 3.05) is 12.4 Å². The Morgan fingerprint density at radius 2 is 1.89 bits per heavy atom. The van der Waals surface area contributed by atoms with Crippen LogP contribution >= 0.6 is 10.7 Å². The predicted molar refractivity (Wildman–Crippen MR) is 80.0 cm³/mol. The molecule has 1 fully saturated rings. The Morgan fingerprint density at radius 3 is 2.37 bits per heavy atom. The minimum absolute atomic E-state index is 0.0284. The number of ether oxygens (including phenoxy) is 1. The van der Waals surface area contributed by atoms with Gasteiger partial charge in [-0.05, 0) is 43.4 Å². The minimum Gasteiger partial charge on any atom is -0.378 e. The van der Waals surface area contributed by atoms with Gasteiger partial charge >= 0.3 is 0 Å². The molecule has 0 amide bonds. The lowest BCUT2D eigenvalue weighted by Gasteiger charge is -2.34. The third-order valence-corrected chi connectivity index (χ3v) is 5.23. The largest absolute Gasteiger partial charge is 0.378 e. The first kappa shape index (κ1) is 17.3. The van der Waals surface area contributed by atoms with Gasteiger partial charge in [0.15, 0.2) is 0 Å². The van der Waals surface area contributed by atoms with E-state index >= 15 is 0 Å². The van der Waals surface area contributed by atoms with Crippen LogP contribution in [0.2, 0.25) is 0 Å². The lowest BCUT2D eigenvalue weighted by Crippen LogP contribution is -2.29. The van der Waals surface area contributed by atoms with Gasteiger partial charge in [0, 0.05) is 10.7 Å². The molecule has 0 N–H and O–H groups in total. The summed E-state index contributed by atoms with van der Waals surface area (Å²) in [5.74, 6) is 0.0584. The molecule has 0 saturated heterocycles. The highest BCUT2D eigenvalue weighted by Gasteiger charge is 2.28. The third-order valence-electron chi connectivity index (χ3n) is 3.99. The summed E-state index contributed by atoms with van der Waals surface area (Å²) in [7, 11) is 1.91. The van der Waals surface area contributed by atoms with Crippen molar-refractivity contribution in [1.82, 2.24) is 0 Å². The molecule has 3 nitrogen and oxygen atoms in total. The van der Waals surface area contributed by atoms with Crippen molar-refractivity contribution in [2.24, 2.45) is 11.3 Å². The summed E-state index contributed by atoms with van der Waals surface area (Å²) in [6, 6.07) is 0. The van der Waals surface area contributed by atoms with Crippen LogP contribution in [0.15, 0.2) is 0 Å². The maximum atomic E-state index is 11.2. The Labute approximate surface area is 122 Å². The van der Waals surface area contributed by atoms with E-state index in [1.54, 1.807) is 0 Å². The van der Waals surface area contributed by atoms with Gasteiger partial charge in [0.1, 0.15) is 0 Å². The van der Waals surface area contributed by atoms with E-state index in [0.717, 1.165) is 25.7 Å². The van der Waals surface area contributed by atoms with Crippen molar-refractivity contribution in [2.45, 2.75) is 65.4 Å². The Kier molecular flexibility index (Phi) is 6.61. The molecule has 0 spiro atoms. The number of rotatable bonds is 7. The van der Waals surface area contributed by atoms with Crippen molar-refractivity contribution >= 4 is 19.7 Å². The third kappa shape index (κ3) is 7.52. The molecule has 0 bridgehead atoms. The molecular weight excluding hydrogens is 284 g/mol. The highest BCUT2D eigenvalue weighted by Crippen LogP contribution is 2.36. The van der Waals surface area contributed by atoms with Gasteiger partial charge in [-0.15, -0.1) is 0 Å². The Hall–Kier alpha value is 0.200. The van der Waals surface area contributed by atoms with Crippen molar-refractivity contribution < 1.29 is 13.2 Å². The fourth-order valence-electron chi connectivity index (χ4n) is 2.72. The van der Waals surface area contributed by atoms with E-state index in [2.05, 4.69) is 20.8 Å². The zero-order valence-corrected chi connectivity index (χ0v) is 13.9. The molecule has 0 aromatic carbocycles. The maximum absolute atomic E-state index is 11.2. The molecule has 0 radical (unpaired) electrons. The first-order valence-corrected chi connectivity index (χ1v) is 9.73. The second-order valence-corrected chi connectivity index (χ2v) is 9.38. The molecule has 0 heterocycles. The highest BCUT2D eigenvalue weighted by molar-refractivity contribution is 8.13. The summed E-state index contributed by atoms with van der Waals surface area (Å²) in [6.07, 6.45) is 6.64.